The molecular formula is C18H27NO2. The number of unbranched alkanes of at least 4 members (excludes halogenated alkanes) is 4. The van der Waals surface area contributed by atoms with Crippen molar-refractivity contribution < 1.29 is 9.59 Å². The molecule has 0 saturated heterocycles. The van der Waals surface area contributed by atoms with Crippen LogP contribution in [0, 0.1) is 0 Å². The van der Waals surface area contributed by atoms with Crippen LogP contribution in [0.4, 0.5) is 0 Å². The molecule has 21 heavy (non-hydrogen) atoms. The predicted molar refractivity (Wildman–Crippen MR) is 85.6 cm³/mol. The fraction of sp³-hybridized carbons (Fsp3) is 0.722. The van der Waals surface area contributed by atoms with Gasteiger partial charge in [0.2, 0.25) is 0 Å². The summed E-state index contributed by atoms with van der Waals surface area (Å²) in [4.78, 5) is 27.7. The van der Waals surface area contributed by atoms with Crippen LogP contribution in [-0.2, 0) is 9.59 Å². The Bertz CT molecular complexity index is 460. The Kier molecular flexibility index (Phi) is 6.34. The Labute approximate surface area is 127 Å². The van der Waals surface area contributed by atoms with Gasteiger partial charge < -0.3 is 4.79 Å². The van der Waals surface area contributed by atoms with Crippen molar-refractivity contribution >= 4 is 17.3 Å². The first-order valence-corrected chi connectivity index (χ1v) is 8.48. The topological polar surface area (TPSA) is 46.5 Å². The van der Waals surface area contributed by atoms with E-state index in [2.05, 4.69) is 0 Å². The Hall–Kier alpha value is -1.25. The highest BCUT2D eigenvalue weighted by Gasteiger charge is 2.24. The lowest BCUT2D eigenvalue weighted by Crippen LogP contribution is -2.19. The van der Waals surface area contributed by atoms with Crippen LogP contribution >= 0.6 is 0 Å². The standard InChI is InChI=1S/C18H27NO2/c1-14(20)9-5-3-2-4-6-10-15-13-18(21)16-11-7-8-12-17(16)19-15/h2-13H2,1H3. The molecule has 0 N–H and O–H groups in total. The van der Waals surface area contributed by atoms with Gasteiger partial charge in [-0.1, -0.05) is 19.3 Å². The van der Waals surface area contributed by atoms with Gasteiger partial charge in [0.1, 0.15) is 5.78 Å². The smallest absolute Gasteiger partial charge is 0.166 e. The lowest BCUT2D eigenvalue weighted by molar-refractivity contribution is -0.117. The van der Waals surface area contributed by atoms with Gasteiger partial charge >= 0.3 is 0 Å². The number of aliphatic imine (C=N–C) groups is 1. The van der Waals surface area contributed by atoms with Gasteiger partial charge in [-0.15, -0.1) is 0 Å². The first-order valence-electron chi connectivity index (χ1n) is 8.48. The third kappa shape index (κ3) is 5.22. The number of hydrogen-bond donors (Lipinski definition) is 0. The molecule has 0 aromatic heterocycles. The average molecular weight is 289 g/mol. The zero-order valence-electron chi connectivity index (χ0n) is 13.2. The molecule has 0 fully saturated rings. The summed E-state index contributed by atoms with van der Waals surface area (Å²) >= 11 is 0. The number of ketones is 2. The van der Waals surface area contributed by atoms with Crippen molar-refractivity contribution in [2.45, 2.75) is 84.0 Å². The molecule has 0 aromatic rings. The van der Waals surface area contributed by atoms with Crippen LogP contribution in [0.25, 0.3) is 0 Å². The van der Waals surface area contributed by atoms with Crippen LogP contribution in [0.3, 0.4) is 0 Å². The summed E-state index contributed by atoms with van der Waals surface area (Å²) in [5.74, 6) is 0.623. The predicted octanol–water partition coefficient (Wildman–Crippen LogP) is 4.55. The second kappa shape index (κ2) is 8.26. The monoisotopic (exact) mass is 289 g/mol. The molecule has 1 heterocycles. The van der Waals surface area contributed by atoms with Gasteiger partial charge in [0.25, 0.3) is 0 Å². The molecular weight excluding hydrogens is 262 g/mol. The van der Waals surface area contributed by atoms with Crippen molar-refractivity contribution in [3.05, 3.63) is 11.3 Å². The molecule has 2 rings (SSSR count). The van der Waals surface area contributed by atoms with Crippen LogP contribution in [0.5, 0.6) is 0 Å². The minimum absolute atomic E-state index is 0.293. The number of rotatable bonds is 8. The van der Waals surface area contributed by atoms with Crippen molar-refractivity contribution in [2.75, 3.05) is 0 Å². The molecule has 0 unspecified atom stereocenters. The second-order valence-corrected chi connectivity index (χ2v) is 6.38. The summed E-state index contributed by atoms with van der Waals surface area (Å²) in [5, 5.41) is 0. The van der Waals surface area contributed by atoms with E-state index in [4.69, 9.17) is 4.99 Å². The number of nitrogens with zero attached hydrogens (tertiary/aromatic N) is 1. The molecule has 3 heteroatoms. The summed E-state index contributed by atoms with van der Waals surface area (Å²) in [6.45, 7) is 1.66. The van der Waals surface area contributed by atoms with Gasteiger partial charge in [-0.3, -0.25) is 9.79 Å². The first-order chi connectivity index (χ1) is 10.2. The maximum atomic E-state index is 12.1. The summed E-state index contributed by atoms with van der Waals surface area (Å²) in [5.41, 5.74) is 3.22. The van der Waals surface area contributed by atoms with Crippen LogP contribution in [-0.4, -0.2) is 17.3 Å². The van der Waals surface area contributed by atoms with Crippen molar-refractivity contribution in [1.29, 1.82) is 0 Å². The van der Waals surface area contributed by atoms with Crippen molar-refractivity contribution in [3.63, 3.8) is 0 Å². The third-order valence-corrected chi connectivity index (χ3v) is 4.43. The third-order valence-electron chi connectivity index (χ3n) is 4.43. The average Bonchev–Trinajstić information content (AvgIpc) is 2.46. The van der Waals surface area contributed by atoms with Crippen molar-refractivity contribution in [1.82, 2.24) is 0 Å². The van der Waals surface area contributed by atoms with Crippen molar-refractivity contribution in [3.8, 4) is 0 Å². The fourth-order valence-electron chi connectivity index (χ4n) is 3.21. The molecule has 116 valence electrons. The number of allylic oxidation sites excluding steroid dienone is 2. The largest absolute Gasteiger partial charge is 0.300 e. The number of hydrogen-bond acceptors (Lipinski definition) is 3. The molecule has 1 aliphatic carbocycles. The van der Waals surface area contributed by atoms with Gasteiger partial charge in [-0.2, -0.15) is 0 Å². The quantitative estimate of drug-likeness (QED) is 0.615. The van der Waals surface area contributed by atoms with Crippen LogP contribution < -0.4 is 0 Å². The Morgan fingerprint density at radius 2 is 1.76 bits per heavy atom. The van der Waals surface area contributed by atoms with Crippen LogP contribution in [0.2, 0.25) is 0 Å². The molecule has 0 spiro atoms. The lowest BCUT2D eigenvalue weighted by Gasteiger charge is -2.22. The second-order valence-electron chi connectivity index (χ2n) is 6.38. The van der Waals surface area contributed by atoms with E-state index in [0.29, 0.717) is 18.0 Å². The molecule has 0 amide bonds. The van der Waals surface area contributed by atoms with E-state index in [9.17, 15) is 9.59 Å². The molecule has 0 radical (unpaired) electrons. The molecule has 0 bridgehead atoms. The van der Waals surface area contributed by atoms with E-state index in [-0.39, 0.29) is 0 Å². The normalized spacial score (nSPS) is 18.5. The molecule has 2 aliphatic rings. The Balaban J connectivity index is 1.67. The van der Waals surface area contributed by atoms with E-state index in [1.165, 1.54) is 19.3 Å². The number of Topliss-reactive ketones (excluding diaryl/α,β-unsaturated/α-hetero) is 2. The van der Waals surface area contributed by atoms with Gasteiger partial charge in [-0.25, -0.2) is 0 Å². The SMILES string of the molecule is CC(=O)CCCCCCCC1=NC2=C(CCCC2)C(=O)C1. The number of carbonyl (C=O) groups is 2. The Morgan fingerprint density at radius 3 is 2.57 bits per heavy atom. The van der Waals surface area contributed by atoms with Gasteiger partial charge in [0.15, 0.2) is 5.78 Å². The van der Waals surface area contributed by atoms with Gasteiger partial charge in [0.05, 0.1) is 0 Å². The van der Waals surface area contributed by atoms with E-state index < -0.39 is 0 Å². The first kappa shape index (κ1) is 16.1. The minimum Gasteiger partial charge on any atom is -0.300 e. The molecule has 3 nitrogen and oxygen atoms in total. The van der Waals surface area contributed by atoms with Gasteiger partial charge in [0, 0.05) is 29.8 Å². The van der Waals surface area contributed by atoms with Crippen molar-refractivity contribution in [2.24, 2.45) is 4.99 Å². The molecule has 0 saturated carbocycles. The highest BCUT2D eigenvalue weighted by atomic mass is 16.1. The van der Waals surface area contributed by atoms with E-state index in [1.807, 2.05) is 0 Å². The van der Waals surface area contributed by atoms with Crippen LogP contribution in [0.1, 0.15) is 84.0 Å². The summed E-state index contributed by atoms with van der Waals surface area (Å²) in [6.07, 6.45) is 12.2. The van der Waals surface area contributed by atoms with E-state index >= 15 is 0 Å². The number of carbonyl (C=O) groups excluding carboxylic acids is 2. The Morgan fingerprint density at radius 1 is 1.05 bits per heavy atom. The maximum Gasteiger partial charge on any atom is 0.166 e. The van der Waals surface area contributed by atoms with E-state index in [1.54, 1.807) is 6.92 Å². The molecule has 0 aromatic carbocycles. The summed E-state index contributed by atoms with van der Waals surface area (Å²) < 4.78 is 0. The van der Waals surface area contributed by atoms with E-state index in [0.717, 1.165) is 68.3 Å². The van der Waals surface area contributed by atoms with Crippen LogP contribution in [0.15, 0.2) is 16.3 Å². The zero-order chi connectivity index (χ0) is 15.1. The fourth-order valence-corrected chi connectivity index (χ4v) is 3.21. The highest BCUT2D eigenvalue weighted by molar-refractivity contribution is 6.12. The zero-order valence-corrected chi connectivity index (χ0v) is 13.2. The summed E-state index contributed by atoms with van der Waals surface area (Å²) in [7, 11) is 0. The highest BCUT2D eigenvalue weighted by Crippen LogP contribution is 2.31. The molecule has 1 aliphatic heterocycles. The molecule has 0 atom stereocenters. The lowest BCUT2D eigenvalue weighted by atomic mass is 9.88. The summed E-state index contributed by atoms with van der Waals surface area (Å²) in [6, 6.07) is 0. The maximum absolute atomic E-state index is 12.1. The van der Waals surface area contributed by atoms with Gasteiger partial charge in [-0.05, 0) is 51.9 Å². The minimum atomic E-state index is 0.293.